The van der Waals surface area contributed by atoms with E-state index in [1.165, 1.54) is 0 Å². The number of carboxylic acids is 2. The molecule has 0 radical (unpaired) electrons. The van der Waals surface area contributed by atoms with E-state index in [1.807, 2.05) is 12.1 Å². The average Bonchev–Trinajstić information content (AvgIpc) is 2.97. The van der Waals surface area contributed by atoms with Gasteiger partial charge in [-0.1, -0.05) is 24.9 Å². The molecule has 2 rings (SSSR count). The van der Waals surface area contributed by atoms with E-state index >= 15 is 0 Å². The van der Waals surface area contributed by atoms with Crippen LogP contribution in [0.25, 0.3) is 0 Å². The number of rotatable bonds is 19. The van der Waals surface area contributed by atoms with E-state index < -0.39 is 36.1 Å². The van der Waals surface area contributed by atoms with Gasteiger partial charge in [-0.2, -0.15) is 0 Å². The predicted octanol–water partition coefficient (Wildman–Crippen LogP) is 4.87. The Hall–Kier alpha value is -3.59. The Balaban J connectivity index is 1.74. The molecule has 0 saturated heterocycles. The lowest BCUT2D eigenvalue weighted by atomic mass is 10.1. The molecule has 0 spiro atoms. The molecule has 2 aromatic rings. The van der Waals surface area contributed by atoms with E-state index in [1.54, 1.807) is 37.3 Å². The van der Waals surface area contributed by atoms with Crippen molar-refractivity contribution in [1.82, 2.24) is 16.0 Å². The summed E-state index contributed by atoms with van der Waals surface area (Å²) in [6.07, 6.45) is 0.0763. The zero-order valence-corrected chi connectivity index (χ0v) is 27.2. The minimum absolute atomic E-state index is 0.0232. The van der Waals surface area contributed by atoms with Gasteiger partial charge in [0, 0.05) is 27.2 Å². The minimum atomic E-state index is -1.46. The van der Waals surface area contributed by atoms with Crippen molar-refractivity contribution in [1.29, 1.82) is 0 Å². The number of hydrogen-bond acceptors (Lipinski definition) is 7. The predicted molar refractivity (Wildman–Crippen MR) is 171 cm³/mol. The zero-order valence-electron chi connectivity index (χ0n) is 24.3. The fourth-order valence-corrected chi connectivity index (χ4v) is 4.48. The van der Waals surface area contributed by atoms with Crippen LogP contribution >= 0.6 is 34.2 Å². The second-order valence-electron chi connectivity index (χ2n) is 9.77. The minimum Gasteiger partial charge on any atom is -0.493 e. The average molecular weight is 746 g/mol. The van der Waals surface area contributed by atoms with Gasteiger partial charge in [-0.15, -0.1) is 0 Å². The molecule has 0 fully saturated rings. The summed E-state index contributed by atoms with van der Waals surface area (Å²) in [5.41, 5.74) is 0.872. The first-order valence-corrected chi connectivity index (χ1v) is 15.6. The number of alkyl carbamates (subject to hydrolysis) is 1. The smallest absolute Gasteiger partial charge is 0.408 e. The SMILES string of the molecule is CCC[C@H](NC(=O)O[C@@H](CCCCNC(=O)c1ccc(Cl)cc1OCCCCNC(=O)c1ccc(I)cc1)C(=O)O)C(=O)O. The quantitative estimate of drug-likeness (QED) is 0.0991. The molecule has 3 amide bonds. The summed E-state index contributed by atoms with van der Waals surface area (Å²) in [7, 11) is 0. The van der Waals surface area contributed by atoms with E-state index in [2.05, 4.69) is 38.5 Å². The molecule has 0 aliphatic rings. The van der Waals surface area contributed by atoms with Crippen LogP contribution in [-0.4, -0.2) is 71.9 Å². The van der Waals surface area contributed by atoms with Gasteiger partial charge in [-0.3, -0.25) is 9.59 Å². The molecule has 0 saturated carbocycles. The van der Waals surface area contributed by atoms with Gasteiger partial charge in [-0.25, -0.2) is 14.4 Å². The van der Waals surface area contributed by atoms with E-state index in [-0.39, 0.29) is 30.9 Å². The van der Waals surface area contributed by atoms with Gasteiger partial charge in [0.15, 0.2) is 0 Å². The number of carbonyl (C=O) groups is 5. The molecule has 44 heavy (non-hydrogen) atoms. The van der Waals surface area contributed by atoms with Crippen LogP contribution in [0.1, 0.15) is 72.6 Å². The molecule has 0 bridgehead atoms. The van der Waals surface area contributed by atoms with E-state index in [9.17, 15) is 29.1 Å². The first-order chi connectivity index (χ1) is 21.0. The van der Waals surface area contributed by atoms with Gasteiger partial charge < -0.3 is 35.6 Å². The van der Waals surface area contributed by atoms with Crippen LogP contribution in [0.15, 0.2) is 42.5 Å². The Morgan fingerprint density at radius 1 is 0.864 bits per heavy atom. The molecule has 5 N–H and O–H groups in total. The molecule has 12 nitrogen and oxygen atoms in total. The highest BCUT2D eigenvalue weighted by Gasteiger charge is 2.25. The number of halogens is 2. The maximum absolute atomic E-state index is 12.8. The van der Waals surface area contributed by atoms with E-state index in [4.69, 9.17) is 26.2 Å². The molecule has 0 aromatic heterocycles. The number of carbonyl (C=O) groups excluding carboxylic acids is 3. The van der Waals surface area contributed by atoms with Crippen LogP contribution in [0.4, 0.5) is 4.79 Å². The number of ether oxygens (including phenoxy) is 2. The summed E-state index contributed by atoms with van der Waals surface area (Å²) in [6.45, 7) is 2.74. The molecule has 0 heterocycles. The van der Waals surface area contributed by atoms with Gasteiger partial charge in [-0.05, 0) is 104 Å². The summed E-state index contributed by atoms with van der Waals surface area (Å²) in [4.78, 5) is 59.7. The molecule has 0 unspecified atom stereocenters. The number of benzene rings is 2. The van der Waals surface area contributed by atoms with Crippen molar-refractivity contribution in [3.05, 3.63) is 62.2 Å². The largest absolute Gasteiger partial charge is 0.493 e. The highest BCUT2D eigenvalue weighted by atomic mass is 127. The molecule has 2 aromatic carbocycles. The highest BCUT2D eigenvalue weighted by Crippen LogP contribution is 2.24. The van der Waals surface area contributed by atoms with Crippen molar-refractivity contribution in [3.8, 4) is 5.75 Å². The normalized spacial score (nSPS) is 12.0. The van der Waals surface area contributed by atoms with Gasteiger partial charge in [0.05, 0.1) is 12.2 Å². The van der Waals surface area contributed by atoms with Crippen LogP contribution in [0.2, 0.25) is 5.02 Å². The van der Waals surface area contributed by atoms with Crippen molar-refractivity contribution in [2.45, 2.75) is 64.0 Å². The number of carboxylic acid groups (broad SMARTS) is 2. The highest BCUT2D eigenvalue weighted by molar-refractivity contribution is 14.1. The summed E-state index contributed by atoms with van der Waals surface area (Å²) in [5.74, 6) is -2.83. The van der Waals surface area contributed by atoms with Crippen molar-refractivity contribution in [2.75, 3.05) is 19.7 Å². The summed E-state index contributed by atoms with van der Waals surface area (Å²) < 4.78 is 11.8. The Morgan fingerprint density at radius 2 is 1.52 bits per heavy atom. The molecule has 2 atom stereocenters. The lowest BCUT2D eigenvalue weighted by molar-refractivity contribution is -0.147. The van der Waals surface area contributed by atoms with Crippen molar-refractivity contribution in [2.24, 2.45) is 0 Å². The van der Waals surface area contributed by atoms with Gasteiger partial charge >= 0.3 is 18.0 Å². The van der Waals surface area contributed by atoms with Gasteiger partial charge in [0.1, 0.15) is 11.8 Å². The summed E-state index contributed by atoms with van der Waals surface area (Å²) in [5, 5.41) is 26.7. The van der Waals surface area contributed by atoms with Crippen LogP contribution in [0.5, 0.6) is 5.75 Å². The third-order valence-corrected chi connectivity index (χ3v) is 7.23. The first-order valence-electron chi connectivity index (χ1n) is 14.2. The summed E-state index contributed by atoms with van der Waals surface area (Å²) >= 11 is 8.28. The fraction of sp³-hybridized carbons (Fsp3) is 0.433. The number of amides is 3. The molecule has 0 aliphatic carbocycles. The Morgan fingerprint density at radius 3 is 2.16 bits per heavy atom. The van der Waals surface area contributed by atoms with Gasteiger partial charge in [0.2, 0.25) is 6.10 Å². The Labute approximate surface area is 274 Å². The van der Waals surface area contributed by atoms with E-state index in [0.29, 0.717) is 61.6 Å². The summed E-state index contributed by atoms with van der Waals surface area (Å²) in [6, 6.07) is 10.8. The first kappa shape index (κ1) is 36.6. The van der Waals surface area contributed by atoms with E-state index in [0.717, 1.165) is 3.57 Å². The number of nitrogens with one attached hydrogen (secondary N) is 3. The number of aliphatic carboxylic acids is 2. The van der Waals surface area contributed by atoms with Crippen molar-refractivity contribution < 1.29 is 43.7 Å². The van der Waals surface area contributed by atoms with Crippen LogP contribution in [0.3, 0.4) is 0 Å². The van der Waals surface area contributed by atoms with Crippen LogP contribution < -0.4 is 20.7 Å². The number of hydrogen-bond donors (Lipinski definition) is 5. The monoisotopic (exact) mass is 745 g/mol. The maximum Gasteiger partial charge on any atom is 0.408 e. The third kappa shape index (κ3) is 13.4. The zero-order chi connectivity index (χ0) is 32.5. The van der Waals surface area contributed by atoms with Crippen LogP contribution in [0, 0.1) is 3.57 Å². The molecular formula is C30H37ClIN3O9. The topological polar surface area (TPSA) is 180 Å². The Kier molecular flexibility index (Phi) is 16.3. The molecular weight excluding hydrogens is 709 g/mol. The second-order valence-corrected chi connectivity index (χ2v) is 11.4. The lowest BCUT2D eigenvalue weighted by Crippen LogP contribution is -2.43. The maximum atomic E-state index is 12.8. The van der Waals surface area contributed by atoms with Crippen LogP contribution in [-0.2, 0) is 14.3 Å². The standard InChI is InChI=1S/C30H37ClIN3O9/c1-2-7-23(28(38)39)35-30(42)44-24(29(40)41)8-3-4-15-34-27(37)22-14-11-20(31)18-25(22)43-17-6-5-16-33-26(36)19-9-12-21(32)13-10-19/h9-14,18,23-24H,2-8,15-17H2,1H3,(H,33,36)(H,34,37)(H,35,42)(H,38,39)(H,40,41)/t23-,24-/m0/s1. The van der Waals surface area contributed by atoms with Crippen molar-refractivity contribution >= 4 is 64.0 Å². The lowest BCUT2D eigenvalue weighted by Gasteiger charge is -2.17. The van der Waals surface area contributed by atoms with Crippen molar-refractivity contribution in [3.63, 3.8) is 0 Å². The fourth-order valence-electron chi connectivity index (χ4n) is 3.95. The third-order valence-electron chi connectivity index (χ3n) is 6.28. The molecule has 240 valence electrons. The van der Waals surface area contributed by atoms with Gasteiger partial charge in [0.25, 0.3) is 11.8 Å². The second kappa shape index (κ2) is 19.6. The molecule has 14 heteroatoms. The number of unbranched alkanes of at least 4 members (excludes halogenated alkanes) is 2. The molecule has 0 aliphatic heterocycles. The Bertz CT molecular complexity index is 1280.